The number of likely N-dealkylation sites (tertiary alicyclic amines) is 1. The van der Waals surface area contributed by atoms with Gasteiger partial charge in [-0.3, -0.25) is 9.59 Å². The van der Waals surface area contributed by atoms with Gasteiger partial charge in [0.05, 0.1) is 12.7 Å². The van der Waals surface area contributed by atoms with Crippen LogP contribution in [0.2, 0.25) is 5.02 Å². The van der Waals surface area contributed by atoms with Gasteiger partial charge in [0, 0.05) is 18.1 Å². The number of hydrogen-bond donors (Lipinski definition) is 2. The first kappa shape index (κ1) is 18.5. The molecule has 2 amide bonds. The highest BCUT2D eigenvalue weighted by Gasteiger charge is 2.35. The predicted octanol–water partition coefficient (Wildman–Crippen LogP) is 1.66. The van der Waals surface area contributed by atoms with Crippen LogP contribution in [-0.2, 0) is 4.79 Å². The Morgan fingerprint density at radius 3 is 2.92 bits per heavy atom. The SMILES string of the molecule is COc1ccc(Cl)cc1C(=O)N1CCCC1C(=O)NCC(C)CN. The van der Waals surface area contributed by atoms with E-state index in [0.29, 0.717) is 42.4 Å². The van der Waals surface area contributed by atoms with Gasteiger partial charge >= 0.3 is 0 Å². The molecule has 1 fully saturated rings. The molecule has 2 rings (SSSR count). The van der Waals surface area contributed by atoms with Gasteiger partial charge in [-0.1, -0.05) is 18.5 Å². The van der Waals surface area contributed by atoms with Crippen molar-refractivity contribution in [3.05, 3.63) is 28.8 Å². The summed E-state index contributed by atoms with van der Waals surface area (Å²) in [5, 5.41) is 3.34. The van der Waals surface area contributed by atoms with Crippen LogP contribution in [0.15, 0.2) is 18.2 Å². The minimum atomic E-state index is -0.467. The van der Waals surface area contributed by atoms with Gasteiger partial charge in [-0.2, -0.15) is 0 Å². The van der Waals surface area contributed by atoms with E-state index in [4.69, 9.17) is 22.1 Å². The number of nitrogens with two attached hydrogens (primary N) is 1. The summed E-state index contributed by atoms with van der Waals surface area (Å²) >= 11 is 6.01. The Bertz CT molecular complexity index is 609. The Morgan fingerprint density at radius 2 is 2.25 bits per heavy atom. The third-order valence-electron chi connectivity index (χ3n) is 4.24. The van der Waals surface area contributed by atoms with Gasteiger partial charge in [-0.15, -0.1) is 0 Å². The third kappa shape index (κ3) is 4.19. The number of benzene rings is 1. The second-order valence-electron chi connectivity index (χ2n) is 6.09. The lowest BCUT2D eigenvalue weighted by atomic mass is 10.1. The molecule has 3 N–H and O–H groups in total. The first-order valence-corrected chi connectivity index (χ1v) is 8.48. The van der Waals surface area contributed by atoms with E-state index < -0.39 is 6.04 Å². The first-order valence-electron chi connectivity index (χ1n) is 8.10. The monoisotopic (exact) mass is 353 g/mol. The number of nitrogens with one attached hydrogen (secondary N) is 1. The van der Waals surface area contributed by atoms with Gasteiger partial charge in [-0.05, 0) is 43.5 Å². The van der Waals surface area contributed by atoms with Crippen molar-refractivity contribution >= 4 is 23.4 Å². The Balaban J connectivity index is 2.13. The van der Waals surface area contributed by atoms with Gasteiger partial charge in [-0.25, -0.2) is 0 Å². The van der Waals surface area contributed by atoms with Crippen LogP contribution in [0.1, 0.15) is 30.1 Å². The average Bonchev–Trinajstić information content (AvgIpc) is 3.08. The molecule has 7 heteroatoms. The molecule has 1 saturated heterocycles. The average molecular weight is 354 g/mol. The maximum Gasteiger partial charge on any atom is 0.258 e. The molecule has 0 saturated carbocycles. The number of ether oxygens (including phenoxy) is 1. The molecule has 0 bridgehead atoms. The van der Waals surface area contributed by atoms with Crippen molar-refractivity contribution < 1.29 is 14.3 Å². The number of amides is 2. The fourth-order valence-corrected chi connectivity index (χ4v) is 2.93. The third-order valence-corrected chi connectivity index (χ3v) is 4.47. The number of carbonyl (C=O) groups is 2. The van der Waals surface area contributed by atoms with E-state index in [0.717, 1.165) is 6.42 Å². The van der Waals surface area contributed by atoms with Crippen LogP contribution in [0.4, 0.5) is 0 Å². The molecule has 1 aromatic carbocycles. The van der Waals surface area contributed by atoms with E-state index in [1.54, 1.807) is 23.1 Å². The quantitative estimate of drug-likeness (QED) is 0.814. The molecule has 0 aromatic heterocycles. The lowest BCUT2D eigenvalue weighted by Crippen LogP contribution is -2.47. The summed E-state index contributed by atoms with van der Waals surface area (Å²) in [5.41, 5.74) is 5.94. The zero-order valence-electron chi connectivity index (χ0n) is 14.0. The molecule has 1 aliphatic rings. The highest BCUT2D eigenvalue weighted by atomic mass is 35.5. The second-order valence-corrected chi connectivity index (χ2v) is 6.52. The Morgan fingerprint density at radius 1 is 1.50 bits per heavy atom. The molecule has 0 aliphatic carbocycles. The molecular weight excluding hydrogens is 330 g/mol. The molecule has 1 aromatic rings. The fourth-order valence-electron chi connectivity index (χ4n) is 2.76. The van der Waals surface area contributed by atoms with E-state index in [1.165, 1.54) is 7.11 Å². The summed E-state index contributed by atoms with van der Waals surface area (Å²) in [7, 11) is 1.50. The lowest BCUT2D eigenvalue weighted by Gasteiger charge is -2.25. The van der Waals surface area contributed by atoms with E-state index in [-0.39, 0.29) is 17.7 Å². The number of rotatable bonds is 6. The van der Waals surface area contributed by atoms with Crippen molar-refractivity contribution in [3.8, 4) is 5.75 Å². The summed E-state index contributed by atoms with van der Waals surface area (Å²) in [6.45, 7) is 3.52. The number of carbonyl (C=O) groups excluding carboxylic acids is 2. The molecule has 2 unspecified atom stereocenters. The van der Waals surface area contributed by atoms with Crippen LogP contribution < -0.4 is 15.8 Å². The summed E-state index contributed by atoms with van der Waals surface area (Å²) in [4.78, 5) is 26.9. The number of halogens is 1. The van der Waals surface area contributed by atoms with Crippen molar-refractivity contribution in [1.29, 1.82) is 0 Å². The van der Waals surface area contributed by atoms with Crippen LogP contribution in [-0.4, -0.2) is 49.5 Å². The van der Waals surface area contributed by atoms with E-state index in [2.05, 4.69) is 5.32 Å². The molecule has 6 nitrogen and oxygen atoms in total. The van der Waals surface area contributed by atoms with Crippen LogP contribution in [0.25, 0.3) is 0 Å². The molecular formula is C17H24ClN3O3. The molecule has 132 valence electrons. The van der Waals surface area contributed by atoms with Gasteiger partial charge in [0.25, 0.3) is 5.91 Å². The van der Waals surface area contributed by atoms with Crippen molar-refractivity contribution in [2.75, 3.05) is 26.7 Å². The van der Waals surface area contributed by atoms with E-state index in [1.807, 2.05) is 6.92 Å². The number of methoxy groups -OCH3 is 1. The number of nitrogens with zero attached hydrogens (tertiary/aromatic N) is 1. The van der Waals surface area contributed by atoms with Crippen LogP contribution >= 0.6 is 11.6 Å². The molecule has 0 radical (unpaired) electrons. The Kier molecular flexibility index (Phi) is 6.45. The summed E-state index contributed by atoms with van der Waals surface area (Å²) in [6, 6.07) is 4.43. The minimum absolute atomic E-state index is 0.137. The van der Waals surface area contributed by atoms with Crippen LogP contribution in [0, 0.1) is 5.92 Å². The maximum atomic E-state index is 12.9. The van der Waals surface area contributed by atoms with Crippen molar-refractivity contribution in [2.45, 2.75) is 25.8 Å². The molecule has 1 heterocycles. The summed E-state index contributed by atoms with van der Waals surface area (Å²) < 4.78 is 5.25. The Labute approximate surface area is 147 Å². The molecule has 1 aliphatic heterocycles. The lowest BCUT2D eigenvalue weighted by molar-refractivity contribution is -0.125. The molecule has 24 heavy (non-hydrogen) atoms. The summed E-state index contributed by atoms with van der Waals surface area (Å²) in [6.07, 6.45) is 1.44. The van der Waals surface area contributed by atoms with Crippen molar-refractivity contribution in [3.63, 3.8) is 0 Å². The smallest absolute Gasteiger partial charge is 0.258 e. The van der Waals surface area contributed by atoms with E-state index in [9.17, 15) is 9.59 Å². The van der Waals surface area contributed by atoms with Gasteiger partial charge < -0.3 is 20.7 Å². The zero-order valence-corrected chi connectivity index (χ0v) is 14.8. The second kappa shape index (κ2) is 8.35. The normalized spacial score (nSPS) is 18.3. The van der Waals surface area contributed by atoms with Crippen LogP contribution in [0.5, 0.6) is 5.75 Å². The zero-order chi connectivity index (χ0) is 17.7. The van der Waals surface area contributed by atoms with E-state index >= 15 is 0 Å². The fraction of sp³-hybridized carbons (Fsp3) is 0.529. The standard InChI is InChI=1S/C17H24ClN3O3/c1-11(9-19)10-20-16(22)14-4-3-7-21(14)17(23)13-8-12(18)5-6-15(13)24-2/h5-6,8,11,14H,3-4,7,9-10,19H2,1-2H3,(H,20,22). The first-order chi connectivity index (χ1) is 11.5. The molecule has 0 spiro atoms. The van der Waals surface area contributed by atoms with Gasteiger partial charge in [0.15, 0.2) is 0 Å². The van der Waals surface area contributed by atoms with Crippen molar-refractivity contribution in [2.24, 2.45) is 11.7 Å². The minimum Gasteiger partial charge on any atom is -0.496 e. The van der Waals surface area contributed by atoms with Crippen molar-refractivity contribution in [1.82, 2.24) is 10.2 Å². The molecule has 2 atom stereocenters. The highest BCUT2D eigenvalue weighted by molar-refractivity contribution is 6.31. The number of hydrogen-bond acceptors (Lipinski definition) is 4. The summed E-state index contributed by atoms with van der Waals surface area (Å²) in [5.74, 6) is 0.278. The van der Waals surface area contributed by atoms with Gasteiger partial charge in [0.1, 0.15) is 11.8 Å². The highest BCUT2D eigenvalue weighted by Crippen LogP contribution is 2.27. The predicted molar refractivity (Wildman–Crippen MR) is 93.3 cm³/mol. The van der Waals surface area contributed by atoms with Gasteiger partial charge in [0.2, 0.25) is 5.91 Å². The maximum absolute atomic E-state index is 12.9. The van der Waals surface area contributed by atoms with Crippen LogP contribution in [0.3, 0.4) is 0 Å². The largest absolute Gasteiger partial charge is 0.496 e. The Hall–Kier alpha value is -1.79. The topological polar surface area (TPSA) is 84.7 Å².